The summed E-state index contributed by atoms with van der Waals surface area (Å²) in [6.07, 6.45) is 4.43. The average Bonchev–Trinajstić information content (AvgIpc) is 2.18. The normalized spacial score (nSPS) is 30.1. The van der Waals surface area contributed by atoms with Crippen LogP contribution in [-0.2, 0) is 0 Å². The van der Waals surface area contributed by atoms with Crippen molar-refractivity contribution < 1.29 is 4.48 Å². The summed E-state index contributed by atoms with van der Waals surface area (Å²) in [6.45, 7) is 8.56. The van der Waals surface area contributed by atoms with E-state index in [1.54, 1.807) is 0 Å². The monoisotopic (exact) mass is 201 g/mol. The molecule has 13 heavy (non-hydrogen) atoms. The maximum atomic E-state index is 12.3. The first-order valence-corrected chi connectivity index (χ1v) is 8.25. The third-order valence-electron chi connectivity index (χ3n) is 3.41. The molecule has 0 spiro atoms. The summed E-state index contributed by atoms with van der Waals surface area (Å²) >= 11 is 0. The summed E-state index contributed by atoms with van der Waals surface area (Å²) in [5.74, 6) is 0. The van der Waals surface area contributed by atoms with Gasteiger partial charge in [-0.15, -0.1) is 16.8 Å². The lowest BCUT2D eigenvalue weighted by Gasteiger charge is -2.35. The Bertz CT molecular complexity index is 182. The van der Waals surface area contributed by atoms with Gasteiger partial charge in [0.05, 0.1) is 8.07 Å². The number of rotatable bonds is 3. The smallest absolute Gasteiger partial charge is 0.0740 e. The van der Waals surface area contributed by atoms with Crippen molar-refractivity contribution >= 4 is 8.07 Å². The van der Waals surface area contributed by atoms with Crippen LogP contribution < -0.4 is 5.54 Å². The molecule has 1 aliphatic rings. The van der Waals surface area contributed by atoms with Crippen LogP contribution in [0.3, 0.4) is 0 Å². The van der Waals surface area contributed by atoms with Gasteiger partial charge in [-0.1, -0.05) is 25.9 Å². The van der Waals surface area contributed by atoms with Gasteiger partial charge in [-0.05, 0) is 18.4 Å². The van der Waals surface area contributed by atoms with Crippen LogP contribution in [0.15, 0.2) is 12.3 Å². The minimum absolute atomic E-state index is 0.102. The third kappa shape index (κ3) is 2.64. The van der Waals surface area contributed by atoms with Crippen LogP contribution in [0.5, 0.6) is 0 Å². The van der Waals surface area contributed by atoms with Crippen LogP contribution in [0, 0.1) is 0 Å². The molecular weight excluding hydrogens is 181 g/mol. The van der Waals surface area contributed by atoms with Crippen molar-refractivity contribution in [1.82, 2.24) is 5.54 Å². The second kappa shape index (κ2) is 4.38. The van der Waals surface area contributed by atoms with E-state index >= 15 is 0 Å². The Morgan fingerprint density at radius 1 is 1.46 bits per heavy atom. The van der Waals surface area contributed by atoms with Crippen LogP contribution in [-0.4, -0.2) is 14.1 Å². The first-order chi connectivity index (χ1) is 6.10. The van der Waals surface area contributed by atoms with E-state index in [2.05, 4.69) is 25.4 Å². The van der Waals surface area contributed by atoms with Gasteiger partial charge in [0.15, 0.2) is 0 Å². The highest BCUT2D eigenvalue weighted by atomic mass is 28.3. The second-order valence-corrected chi connectivity index (χ2v) is 9.56. The Balaban J connectivity index is 2.55. The lowest BCUT2D eigenvalue weighted by atomic mass is 9.95. The van der Waals surface area contributed by atoms with Crippen molar-refractivity contribution in [2.24, 2.45) is 0 Å². The Kier molecular flexibility index (Phi) is 3.68. The van der Waals surface area contributed by atoms with Gasteiger partial charge in [0, 0.05) is 6.04 Å². The molecule has 2 unspecified atom stereocenters. The average molecular weight is 201 g/mol. The SMILES string of the molecule is C=C[Si](C)(C)C1CCCC(NF)C1. The van der Waals surface area contributed by atoms with Crippen LogP contribution in [0.2, 0.25) is 18.6 Å². The second-order valence-electron chi connectivity index (χ2n) is 4.70. The molecule has 0 aromatic rings. The molecule has 1 N–H and O–H groups in total. The van der Waals surface area contributed by atoms with E-state index in [4.69, 9.17) is 0 Å². The third-order valence-corrected chi connectivity index (χ3v) is 7.09. The van der Waals surface area contributed by atoms with Crippen LogP contribution >= 0.6 is 0 Å². The van der Waals surface area contributed by atoms with Crippen LogP contribution in [0.1, 0.15) is 25.7 Å². The molecule has 1 fully saturated rings. The molecule has 0 heterocycles. The van der Waals surface area contributed by atoms with Crippen molar-refractivity contribution in [2.45, 2.75) is 50.4 Å². The minimum Gasteiger partial charge on any atom is -0.156 e. The van der Waals surface area contributed by atoms with Gasteiger partial charge < -0.3 is 0 Å². The zero-order valence-electron chi connectivity index (χ0n) is 8.65. The van der Waals surface area contributed by atoms with E-state index < -0.39 is 8.07 Å². The lowest BCUT2D eigenvalue weighted by molar-refractivity contribution is 0.225. The molecule has 0 aliphatic heterocycles. The predicted molar refractivity (Wildman–Crippen MR) is 57.9 cm³/mol. The van der Waals surface area contributed by atoms with E-state index in [1.165, 1.54) is 6.42 Å². The molecule has 0 saturated heterocycles. The summed E-state index contributed by atoms with van der Waals surface area (Å²) < 4.78 is 12.3. The first kappa shape index (κ1) is 10.9. The zero-order valence-corrected chi connectivity index (χ0v) is 9.65. The standard InChI is InChI=1S/C10H20FNSi/c1-4-13(2,3)10-7-5-6-9(8-10)12-11/h4,9-10,12H,1,5-8H2,2-3H3. The van der Waals surface area contributed by atoms with Gasteiger partial charge in [0.25, 0.3) is 0 Å². The molecule has 0 bridgehead atoms. The van der Waals surface area contributed by atoms with Crippen molar-refractivity contribution in [2.75, 3.05) is 0 Å². The molecule has 0 aromatic heterocycles. The first-order valence-electron chi connectivity index (χ1n) is 5.10. The highest BCUT2D eigenvalue weighted by Gasteiger charge is 2.33. The Morgan fingerprint density at radius 2 is 2.15 bits per heavy atom. The fraction of sp³-hybridized carbons (Fsp3) is 0.800. The van der Waals surface area contributed by atoms with Gasteiger partial charge in [-0.25, -0.2) is 0 Å². The highest BCUT2D eigenvalue weighted by molar-refractivity contribution is 6.83. The summed E-state index contributed by atoms with van der Waals surface area (Å²) in [7, 11) is -1.28. The molecule has 0 amide bonds. The van der Waals surface area contributed by atoms with Crippen molar-refractivity contribution in [3.05, 3.63) is 12.3 Å². The summed E-state index contributed by atoms with van der Waals surface area (Å²) in [4.78, 5) is 0. The Hall–Kier alpha value is -0.153. The molecule has 1 rings (SSSR count). The number of nitrogens with one attached hydrogen (secondary N) is 1. The number of hydrogen-bond donors (Lipinski definition) is 1. The van der Waals surface area contributed by atoms with Gasteiger partial charge in [0.1, 0.15) is 0 Å². The van der Waals surface area contributed by atoms with E-state index in [-0.39, 0.29) is 6.04 Å². The van der Waals surface area contributed by atoms with Crippen molar-refractivity contribution in [1.29, 1.82) is 0 Å². The zero-order chi connectivity index (χ0) is 9.90. The molecule has 0 aromatic carbocycles. The van der Waals surface area contributed by atoms with E-state index in [0.29, 0.717) is 5.54 Å². The summed E-state index contributed by atoms with van der Waals surface area (Å²) in [5, 5.41) is 0. The Labute approximate surface area is 81.4 Å². The maximum Gasteiger partial charge on any atom is 0.0740 e. The Morgan fingerprint density at radius 3 is 2.69 bits per heavy atom. The van der Waals surface area contributed by atoms with E-state index in [0.717, 1.165) is 19.3 Å². The van der Waals surface area contributed by atoms with Crippen molar-refractivity contribution in [3.8, 4) is 0 Å². The van der Waals surface area contributed by atoms with Crippen LogP contribution in [0.25, 0.3) is 0 Å². The van der Waals surface area contributed by atoms with Gasteiger partial charge in [0.2, 0.25) is 0 Å². The predicted octanol–water partition coefficient (Wildman–Crippen LogP) is 3.21. The van der Waals surface area contributed by atoms with Gasteiger partial charge >= 0.3 is 0 Å². The quantitative estimate of drug-likeness (QED) is 0.546. The highest BCUT2D eigenvalue weighted by Crippen LogP contribution is 2.37. The fourth-order valence-corrected chi connectivity index (χ4v) is 4.30. The topological polar surface area (TPSA) is 12.0 Å². The minimum atomic E-state index is -1.28. The summed E-state index contributed by atoms with van der Waals surface area (Å²) in [6, 6.07) is 0.102. The largest absolute Gasteiger partial charge is 0.156 e. The van der Waals surface area contributed by atoms with Gasteiger partial charge in [-0.3, -0.25) is 0 Å². The van der Waals surface area contributed by atoms with Gasteiger partial charge in [-0.2, -0.15) is 5.54 Å². The molecule has 1 nitrogen and oxygen atoms in total. The number of hydrogen-bond acceptors (Lipinski definition) is 1. The van der Waals surface area contributed by atoms with Crippen molar-refractivity contribution in [3.63, 3.8) is 0 Å². The lowest BCUT2D eigenvalue weighted by Crippen LogP contribution is -2.38. The molecule has 1 saturated carbocycles. The molecule has 2 atom stereocenters. The van der Waals surface area contributed by atoms with E-state index in [1.807, 2.05) is 5.54 Å². The number of halogens is 1. The molecular formula is C10H20FNSi. The molecule has 0 radical (unpaired) electrons. The van der Waals surface area contributed by atoms with E-state index in [9.17, 15) is 4.48 Å². The molecule has 3 heteroatoms. The molecule has 76 valence electrons. The summed E-state index contributed by atoms with van der Waals surface area (Å²) in [5.41, 5.74) is 4.77. The molecule has 1 aliphatic carbocycles. The van der Waals surface area contributed by atoms with Crippen LogP contribution in [0.4, 0.5) is 4.48 Å². The fourth-order valence-electron chi connectivity index (χ4n) is 2.13. The maximum absolute atomic E-state index is 12.3.